The number of rotatable bonds is 3. The zero-order chi connectivity index (χ0) is 15.0. The first-order chi connectivity index (χ1) is 10.1. The molecule has 1 heterocycles. The van der Waals surface area contributed by atoms with Gasteiger partial charge in [-0.05, 0) is 55.7 Å². The number of nitrogens with zero attached hydrogens (tertiary/aromatic N) is 2. The Bertz CT molecular complexity index is 802. The number of fused-ring (bicyclic) bond motifs is 1. The molecule has 21 heavy (non-hydrogen) atoms. The molecular formula is C18H19ClN2. The van der Waals surface area contributed by atoms with Crippen molar-refractivity contribution in [2.75, 3.05) is 5.88 Å². The molecule has 1 aromatic heterocycles. The lowest BCUT2D eigenvalue weighted by atomic mass is 10.1. The zero-order valence-corrected chi connectivity index (χ0v) is 13.4. The lowest BCUT2D eigenvalue weighted by molar-refractivity contribution is 0.909. The van der Waals surface area contributed by atoms with Crippen LogP contribution in [0, 0.1) is 20.8 Å². The molecule has 0 fully saturated rings. The van der Waals surface area contributed by atoms with Gasteiger partial charge in [0.05, 0.1) is 11.0 Å². The van der Waals surface area contributed by atoms with Crippen molar-refractivity contribution < 1.29 is 0 Å². The molecule has 0 atom stereocenters. The van der Waals surface area contributed by atoms with Crippen molar-refractivity contribution in [1.29, 1.82) is 0 Å². The number of alkyl halides is 1. The summed E-state index contributed by atoms with van der Waals surface area (Å²) in [5, 5.41) is 0. The number of aryl methyl sites for hydroxylation is 4. The Morgan fingerprint density at radius 1 is 1.00 bits per heavy atom. The second-order valence-electron chi connectivity index (χ2n) is 5.51. The van der Waals surface area contributed by atoms with E-state index in [1.807, 2.05) is 0 Å². The summed E-state index contributed by atoms with van der Waals surface area (Å²) in [6.45, 7) is 6.41. The normalized spacial score (nSPS) is 11.2. The van der Waals surface area contributed by atoms with Crippen LogP contribution in [0.2, 0.25) is 0 Å². The molecule has 108 valence electrons. The summed E-state index contributed by atoms with van der Waals surface area (Å²) < 4.78 is 2.25. The highest BCUT2D eigenvalue weighted by molar-refractivity contribution is 6.17. The molecule has 2 aromatic carbocycles. The molecule has 3 rings (SSSR count). The summed E-state index contributed by atoms with van der Waals surface area (Å²) in [6, 6.07) is 12.8. The van der Waals surface area contributed by atoms with Crippen LogP contribution in [0.4, 0.5) is 0 Å². The van der Waals surface area contributed by atoms with Gasteiger partial charge >= 0.3 is 0 Å². The quantitative estimate of drug-likeness (QED) is 0.639. The number of aromatic nitrogens is 2. The second kappa shape index (κ2) is 5.53. The molecule has 0 aliphatic heterocycles. The molecule has 3 aromatic rings. The topological polar surface area (TPSA) is 17.8 Å². The third-order valence-corrected chi connectivity index (χ3v) is 4.20. The van der Waals surface area contributed by atoms with Gasteiger partial charge in [-0.15, -0.1) is 11.6 Å². The Morgan fingerprint density at radius 3 is 2.52 bits per heavy atom. The van der Waals surface area contributed by atoms with Crippen LogP contribution in [-0.2, 0) is 6.42 Å². The van der Waals surface area contributed by atoms with Crippen LogP contribution in [0.5, 0.6) is 0 Å². The third-order valence-electron chi connectivity index (χ3n) is 4.01. The smallest absolute Gasteiger partial charge is 0.115 e. The molecule has 2 nitrogen and oxygen atoms in total. The van der Waals surface area contributed by atoms with E-state index in [4.69, 9.17) is 16.6 Å². The highest BCUT2D eigenvalue weighted by Crippen LogP contribution is 2.26. The lowest BCUT2D eigenvalue weighted by Crippen LogP contribution is -2.03. The van der Waals surface area contributed by atoms with E-state index in [2.05, 4.69) is 61.7 Å². The van der Waals surface area contributed by atoms with Gasteiger partial charge in [-0.25, -0.2) is 4.98 Å². The maximum Gasteiger partial charge on any atom is 0.115 e. The maximum atomic E-state index is 5.97. The monoisotopic (exact) mass is 298 g/mol. The van der Waals surface area contributed by atoms with Crippen molar-refractivity contribution in [3.8, 4) is 5.69 Å². The minimum Gasteiger partial charge on any atom is -0.296 e. The van der Waals surface area contributed by atoms with Gasteiger partial charge in [0.15, 0.2) is 0 Å². The van der Waals surface area contributed by atoms with Gasteiger partial charge in [-0.1, -0.05) is 18.2 Å². The molecule has 0 radical (unpaired) electrons. The van der Waals surface area contributed by atoms with E-state index >= 15 is 0 Å². The lowest BCUT2D eigenvalue weighted by Gasteiger charge is -2.12. The van der Waals surface area contributed by atoms with E-state index in [1.54, 1.807) is 0 Å². The summed E-state index contributed by atoms with van der Waals surface area (Å²) in [4.78, 5) is 4.77. The predicted octanol–water partition coefficient (Wildman–Crippen LogP) is 4.73. The third kappa shape index (κ3) is 2.44. The Labute approximate surface area is 130 Å². The Balaban J connectivity index is 2.32. The molecule has 0 saturated heterocycles. The first-order valence-electron chi connectivity index (χ1n) is 7.22. The summed E-state index contributed by atoms with van der Waals surface area (Å²) in [5.74, 6) is 1.60. The maximum absolute atomic E-state index is 5.97. The molecule has 0 aliphatic rings. The van der Waals surface area contributed by atoms with Gasteiger partial charge in [0, 0.05) is 18.0 Å². The van der Waals surface area contributed by atoms with Gasteiger partial charge in [-0.3, -0.25) is 4.57 Å². The summed E-state index contributed by atoms with van der Waals surface area (Å²) in [6.07, 6.45) is 0.766. The van der Waals surface area contributed by atoms with E-state index in [1.165, 1.54) is 22.2 Å². The van der Waals surface area contributed by atoms with Crippen molar-refractivity contribution in [3.63, 3.8) is 0 Å². The van der Waals surface area contributed by atoms with Crippen molar-refractivity contribution in [1.82, 2.24) is 9.55 Å². The number of hydrogen-bond acceptors (Lipinski definition) is 1. The number of imidazole rings is 1. The standard InChI is InChI=1S/C18H19ClN2/c1-12-7-8-15(11-14(12)3)21-17(9-10-19)20-16-6-4-5-13(2)18(16)21/h4-8,11H,9-10H2,1-3H3. The number of para-hydroxylation sites is 1. The molecular weight excluding hydrogens is 280 g/mol. The van der Waals surface area contributed by atoms with Crippen LogP contribution in [0.25, 0.3) is 16.7 Å². The van der Waals surface area contributed by atoms with Crippen LogP contribution in [-0.4, -0.2) is 15.4 Å². The SMILES string of the molecule is Cc1ccc(-n2c(CCCl)nc3cccc(C)c32)cc1C. The van der Waals surface area contributed by atoms with Crippen LogP contribution in [0.15, 0.2) is 36.4 Å². The van der Waals surface area contributed by atoms with Gasteiger partial charge in [0.25, 0.3) is 0 Å². The molecule has 0 spiro atoms. The summed E-state index contributed by atoms with van der Waals surface area (Å²) >= 11 is 5.97. The Hall–Kier alpha value is -1.80. The predicted molar refractivity (Wildman–Crippen MR) is 89.7 cm³/mol. The van der Waals surface area contributed by atoms with Crippen molar-refractivity contribution in [2.24, 2.45) is 0 Å². The first-order valence-corrected chi connectivity index (χ1v) is 7.76. The van der Waals surface area contributed by atoms with Crippen molar-refractivity contribution in [3.05, 3.63) is 58.9 Å². The molecule has 0 amide bonds. The second-order valence-corrected chi connectivity index (χ2v) is 5.89. The average molecular weight is 299 g/mol. The Kier molecular flexibility index (Phi) is 3.73. The number of benzene rings is 2. The minimum absolute atomic E-state index is 0.577. The van der Waals surface area contributed by atoms with Crippen LogP contribution in [0.1, 0.15) is 22.5 Å². The van der Waals surface area contributed by atoms with Gasteiger partial charge in [-0.2, -0.15) is 0 Å². The van der Waals surface area contributed by atoms with Gasteiger partial charge in [0.1, 0.15) is 5.82 Å². The van der Waals surface area contributed by atoms with Crippen LogP contribution in [0.3, 0.4) is 0 Å². The van der Waals surface area contributed by atoms with Gasteiger partial charge < -0.3 is 0 Å². The largest absolute Gasteiger partial charge is 0.296 e. The van der Waals surface area contributed by atoms with Gasteiger partial charge in [0.2, 0.25) is 0 Å². The van der Waals surface area contributed by atoms with E-state index in [-0.39, 0.29) is 0 Å². The zero-order valence-electron chi connectivity index (χ0n) is 12.7. The highest BCUT2D eigenvalue weighted by atomic mass is 35.5. The molecule has 0 aliphatic carbocycles. The molecule has 3 heteroatoms. The average Bonchev–Trinajstić information content (AvgIpc) is 2.82. The van der Waals surface area contributed by atoms with Crippen molar-refractivity contribution in [2.45, 2.75) is 27.2 Å². The Morgan fingerprint density at radius 2 is 1.81 bits per heavy atom. The van der Waals surface area contributed by atoms with Crippen LogP contribution >= 0.6 is 11.6 Å². The molecule has 0 unspecified atom stereocenters. The summed E-state index contributed by atoms with van der Waals surface area (Å²) in [7, 11) is 0. The van der Waals surface area contributed by atoms with E-state index < -0.39 is 0 Å². The van der Waals surface area contributed by atoms with Crippen LogP contribution < -0.4 is 0 Å². The fourth-order valence-electron chi connectivity index (χ4n) is 2.74. The summed E-state index contributed by atoms with van der Waals surface area (Å²) in [5.41, 5.74) is 7.21. The van der Waals surface area contributed by atoms with E-state index in [0.717, 1.165) is 23.4 Å². The fraction of sp³-hybridized carbons (Fsp3) is 0.278. The number of halogens is 1. The molecule has 0 bridgehead atoms. The van der Waals surface area contributed by atoms with E-state index in [9.17, 15) is 0 Å². The fourth-order valence-corrected chi connectivity index (χ4v) is 2.91. The molecule has 0 N–H and O–H groups in total. The number of hydrogen-bond donors (Lipinski definition) is 0. The molecule has 0 saturated carbocycles. The highest BCUT2D eigenvalue weighted by Gasteiger charge is 2.14. The minimum atomic E-state index is 0.577. The van der Waals surface area contributed by atoms with Crippen molar-refractivity contribution >= 4 is 22.6 Å². The first kappa shape index (κ1) is 14.2. The van der Waals surface area contributed by atoms with E-state index in [0.29, 0.717) is 5.88 Å².